The van der Waals surface area contributed by atoms with E-state index in [1.807, 2.05) is 62.4 Å². The number of aliphatic carboxylic acids is 1. The highest BCUT2D eigenvalue weighted by atomic mass is 16.4. The predicted octanol–water partition coefficient (Wildman–Crippen LogP) is 3.99. The molecule has 3 aromatic rings. The van der Waals surface area contributed by atoms with Gasteiger partial charge in [-0.2, -0.15) is 5.10 Å². The van der Waals surface area contributed by atoms with Gasteiger partial charge in [0.2, 0.25) is 0 Å². The van der Waals surface area contributed by atoms with E-state index in [0.717, 1.165) is 28.8 Å². The van der Waals surface area contributed by atoms with Crippen molar-refractivity contribution in [2.45, 2.75) is 26.3 Å². The zero-order chi connectivity index (χ0) is 21.3. The molecule has 0 saturated heterocycles. The molecule has 4 rings (SSSR count). The van der Waals surface area contributed by atoms with Crippen LogP contribution in [0, 0.1) is 6.92 Å². The maximum absolute atomic E-state index is 13.0. The highest BCUT2D eigenvalue weighted by molar-refractivity contribution is 6.08. The number of rotatable bonds is 5. The molecule has 1 amide bonds. The number of aromatic nitrogens is 2. The first-order chi connectivity index (χ1) is 14.5. The molecule has 1 aliphatic rings. The number of carbonyl (C=O) groups is 2. The monoisotopic (exact) mass is 402 g/mol. The third kappa shape index (κ3) is 3.57. The Morgan fingerprint density at radius 2 is 1.90 bits per heavy atom. The van der Waals surface area contributed by atoms with Gasteiger partial charge in [0.05, 0.1) is 12.2 Å². The molecule has 3 N–H and O–H groups in total. The number of hydrogen-bond donors (Lipinski definition) is 3. The Bertz CT molecular complexity index is 1150. The molecule has 2 aromatic carbocycles. The Morgan fingerprint density at radius 3 is 2.60 bits per heavy atom. The van der Waals surface area contributed by atoms with E-state index in [4.69, 9.17) is 0 Å². The number of fused-ring (bicyclic) bond motifs is 1. The molecule has 7 nitrogen and oxygen atoms in total. The van der Waals surface area contributed by atoms with Crippen LogP contribution in [0.4, 0.5) is 11.5 Å². The lowest BCUT2D eigenvalue weighted by Crippen LogP contribution is -2.25. The molecule has 0 spiro atoms. The van der Waals surface area contributed by atoms with Crippen LogP contribution in [0.3, 0.4) is 0 Å². The third-order valence-corrected chi connectivity index (χ3v) is 5.18. The number of aryl methyl sites for hydroxylation is 2. The third-order valence-electron chi connectivity index (χ3n) is 5.18. The number of allylic oxidation sites excluding steroid dienone is 1. The normalized spacial score (nSPS) is 15.0. The molecule has 152 valence electrons. The highest BCUT2D eigenvalue weighted by Crippen LogP contribution is 2.32. The van der Waals surface area contributed by atoms with Crippen molar-refractivity contribution in [3.63, 3.8) is 0 Å². The molecule has 0 radical (unpaired) electrons. The van der Waals surface area contributed by atoms with Gasteiger partial charge < -0.3 is 15.7 Å². The summed E-state index contributed by atoms with van der Waals surface area (Å²) in [4.78, 5) is 24.7. The van der Waals surface area contributed by atoms with Crippen molar-refractivity contribution >= 4 is 23.4 Å². The van der Waals surface area contributed by atoms with Crippen LogP contribution < -0.4 is 10.6 Å². The summed E-state index contributed by atoms with van der Waals surface area (Å²) in [6.45, 7) is 4.01. The molecule has 0 bridgehead atoms. The number of nitrogens with one attached hydrogen (secondary N) is 2. The predicted molar refractivity (Wildman–Crippen MR) is 115 cm³/mol. The van der Waals surface area contributed by atoms with Crippen molar-refractivity contribution in [3.8, 4) is 0 Å². The van der Waals surface area contributed by atoms with Crippen LogP contribution in [0.5, 0.6) is 0 Å². The number of carboxylic acids is 1. The van der Waals surface area contributed by atoms with Crippen molar-refractivity contribution in [1.82, 2.24) is 9.78 Å². The summed E-state index contributed by atoms with van der Waals surface area (Å²) in [7, 11) is 0. The Morgan fingerprint density at radius 1 is 1.17 bits per heavy atom. The minimum absolute atomic E-state index is 0.0107. The van der Waals surface area contributed by atoms with Crippen LogP contribution in [-0.4, -0.2) is 26.8 Å². The summed E-state index contributed by atoms with van der Waals surface area (Å²) < 4.78 is 1.64. The molecular formula is C23H22N4O3. The van der Waals surface area contributed by atoms with E-state index in [9.17, 15) is 14.7 Å². The lowest BCUT2D eigenvalue weighted by atomic mass is 10.0. The van der Waals surface area contributed by atoms with E-state index in [1.165, 1.54) is 6.20 Å². The van der Waals surface area contributed by atoms with Gasteiger partial charge in [-0.15, -0.1) is 0 Å². The van der Waals surface area contributed by atoms with Crippen LogP contribution in [0.25, 0.3) is 0 Å². The zero-order valence-corrected chi connectivity index (χ0v) is 16.7. The maximum atomic E-state index is 13.0. The summed E-state index contributed by atoms with van der Waals surface area (Å²) in [5, 5.41) is 19.7. The lowest BCUT2D eigenvalue weighted by molar-refractivity contribution is -0.132. The highest BCUT2D eigenvalue weighted by Gasteiger charge is 2.29. The average molecular weight is 402 g/mol. The van der Waals surface area contributed by atoms with Gasteiger partial charge in [-0.05, 0) is 36.6 Å². The topological polar surface area (TPSA) is 96.3 Å². The molecular weight excluding hydrogens is 380 g/mol. The van der Waals surface area contributed by atoms with Crippen LogP contribution >= 0.6 is 0 Å². The number of para-hydroxylation sites is 1. The Labute approximate surface area is 174 Å². The smallest absolute Gasteiger partial charge is 0.352 e. The van der Waals surface area contributed by atoms with E-state index in [2.05, 4.69) is 15.7 Å². The second kappa shape index (κ2) is 7.87. The summed E-state index contributed by atoms with van der Waals surface area (Å²) in [5.41, 5.74) is 4.02. The Balaban J connectivity index is 1.72. The zero-order valence-electron chi connectivity index (χ0n) is 16.7. The number of nitrogens with zero attached hydrogens (tertiary/aromatic N) is 2. The average Bonchev–Trinajstić information content (AvgIpc) is 3.18. The summed E-state index contributed by atoms with van der Waals surface area (Å²) in [6, 6.07) is 14.9. The lowest BCUT2D eigenvalue weighted by Gasteiger charge is -2.24. The number of carboxylic acid groups (broad SMARTS) is 1. The van der Waals surface area contributed by atoms with Gasteiger partial charge >= 0.3 is 5.97 Å². The van der Waals surface area contributed by atoms with Gasteiger partial charge in [-0.3, -0.25) is 4.79 Å². The van der Waals surface area contributed by atoms with E-state index in [0.29, 0.717) is 5.82 Å². The second-order valence-corrected chi connectivity index (χ2v) is 7.18. The first kappa shape index (κ1) is 19.4. The van der Waals surface area contributed by atoms with Crippen molar-refractivity contribution in [3.05, 3.63) is 88.8 Å². The molecule has 30 heavy (non-hydrogen) atoms. The molecule has 1 atom stereocenters. The maximum Gasteiger partial charge on any atom is 0.352 e. The number of benzene rings is 2. The molecule has 0 unspecified atom stereocenters. The summed E-state index contributed by atoms with van der Waals surface area (Å²) in [5.74, 6) is -1.09. The van der Waals surface area contributed by atoms with E-state index < -0.39 is 12.0 Å². The number of anilines is 2. The van der Waals surface area contributed by atoms with Crippen molar-refractivity contribution in [1.29, 1.82) is 0 Å². The largest absolute Gasteiger partial charge is 0.477 e. The van der Waals surface area contributed by atoms with E-state index in [1.54, 1.807) is 10.8 Å². The molecule has 0 fully saturated rings. The number of carbonyl (C=O) groups excluding carboxylic acids is 1. The molecule has 1 aromatic heterocycles. The SMILES string of the molecule is CCc1ccccc1NC(=O)c1cnn2c1NC(C(=O)O)=C[C@H]2c1ccc(C)cc1. The molecule has 1 aliphatic heterocycles. The number of amides is 1. The van der Waals surface area contributed by atoms with Crippen LogP contribution in [0.1, 0.15) is 40.0 Å². The minimum Gasteiger partial charge on any atom is -0.477 e. The van der Waals surface area contributed by atoms with Gasteiger partial charge in [-0.25, -0.2) is 9.48 Å². The second-order valence-electron chi connectivity index (χ2n) is 7.18. The van der Waals surface area contributed by atoms with Crippen LogP contribution in [0.15, 0.2) is 66.5 Å². The first-order valence-electron chi connectivity index (χ1n) is 9.73. The molecule has 0 aliphatic carbocycles. The summed E-state index contributed by atoms with van der Waals surface area (Å²) >= 11 is 0. The molecule has 2 heterocycles. The summed E-state index contributed by atoms with van der Waals surface area (Å²) in [6.07, 6.45) is 3.84. The van der Waals surface area contributed by atoms with Gasteiger partial charge in [0.25, 0.3) is 5.91 Å². The first-order valence-corrected chi connectivity index (χ1v) is 9.73. The van der Waals surface area contributed by atoms with Gasteiger partial charge in [0, 0.05) is 5.69 Å². The van der Waals surface area contributed by atoms with Crippen molar-refractivity contribution < 1.29 is 14.7 Å². The quantitative estimate of drug-likeness (QED) is 0.600. The Hall–Kier alpha value is -3.87. The minimum atomic E-state index is -1.10. The van der Waals surface area contributed by atoms with Crippen molar-refractivity contribution in [2.75, 3.05) is 10.6 Å². The van der Waals surface area contributed by atoms with Crippen LogP contribution in [0.2, 0.25) is 0 Å². The van der Waals surface area contributed by atoms with E-state index >= 15 is 0 Å². The van der Waals surface area contributed by atoms with Crippen LogP contribution in [-0.2, 0) is 11.2 Å². The fourth-order valence-electron chi connectivity index (χ4n) is 3.53. The molecule has 0 saturated carbocycles. The Kier molecular flexibility index (Phi) is 5.10. The fraction of sp³-hybridized carbons (Fsp3) is 0.174. The standard InChI is InChI=1S/C23H22N4O3/c1-3-15-6-4-5-7-18(15)26-22(28)17-13-24-27-20(16-10-8-14(2)9-11-16)12-19(23(29)30)25-21(17)27/h4-13,20,25H,3H2,1-2H3,(H,26,28)(H,29,30)/t20-/m0/s1. The molecule has 7 heteroatoms. The fourth-order valence-corrected chi connectivity index (χ4v) is 3.53. The van der Waals surface area contributed by atoms with Gasteiger partial charge in [0.15, 0.2) is 0 Å². The van der Waals surface area contributed by atoms with Gasteiger partial charge in [0.1, 0.15) is 17.1 Å². The van der Waals surface area contributed by atoms with E-state index in [-0.39, 0.29) is 17.2 Å². The van der Waals surface area contributed by atoms with Gasteiger partial charge in [-0.1, -0.05) is 55.0 Å². The number of hydrogen-bond acceptors (Lipinski definition) is 4. The van der Waals surface area contributed by atoms with Crippen molar-refractivity contribution in [2.24, 2.45) is 0 Å².